The summed E-state index contributed by atoms with van der Waals surface area (Å²) in [5, 5.41) is 4.16. The lowest BCUT2D eigenvalue weighted by Gasteiger charge is -2.17. The van der Waals surface area contributed by atoms with E-state index in [1.807, 2.05) is 48.6 Å². The van der Waals surface area contributed by atoms with Gasteiger partial charge in [0, 0.05) is 27.1 Å². The third-order valence-corrected chi connectivity index (χ3v) is 13.2. The maximum atomic E-state index is 15.0. The van der Waals surface area contributed by atoms with E-state index < -0.39 is 23.5 Å². The maximum absolute atomic E-state index is 15.0. The van der Waals surface area contributed by atoms with E-state index in [1.165, 1.54) is 6.07 Å². The minimum Gasteiger partial charge on any atom is -0.308 e. The van der Waals surface area contributed by atoms with Gasteiger partial charge in [0.25, 0.3) is 0 Å². The molecule has 7 aromatic carbocycles. The van der Waals surface area contributed by atoms with Gasteiger partial charge in [-0.1, -0.05) is 115 Å². The monoisotopic (exact) mass is 908 g/mol. The number of rotatable bonds is 3. The fourth-order valence-electron chi connectivity index (χ4n) is 10.5. The number of allylic oxidation sites excluding steroid dienone is 4. The Kier molecular flexibility index (Phi) is 9.90. The van der Waals surface area contributed by atoms with Gasteiger partial charge in [-0.3, -0.25) is 4.40 Å². The summed E-state index contributed by atoms with van der Waals surface area (Å²) in [4.78, 5) is 10.9. The SMILES string of the molecule is Cc1cc(C)c(-c2ccc3c4ccc5cc4n(c4cc(-c6ccc(C(F)(F)F)cc6C(F)(F)F)ccc4c4nc(-c6ccccc6)n(c(=C6C=CC=CC6)n4)c4cc(C)cc(C)c54)c3c2)c(C)c1. The van der Waals surface area contributed by atoms with E-state index in [9.17, 15) is 13.2 Å². The second-order valence-corrected chi connectivity index (χ2v) is 17.9. The zero-order valence-corrected chi connectivity index (χ0v) is 37.7. The van der Waals surface area contributed by atoms with Crippen LogP contribution < -0.4 is 5.48 Å². The molecule has 0 amide bonds. The van der Waals surface area contributed by atoms with Gasteiger partial charge in [-0.2, -0.15) is 26.3 Å². The van der Waals surface area contributed by atoms with Gasteiger partial charge in [0.1, 0.15) is 11.3 Å². The Balaban J connectivity index is 1.44. The average molecular weight is 909 g/mol. The highest BCUT2D eigenvalue weighted by molar-refractivity contribution is 6.14. The highest BCUT2D eigenvalue weighted by atomic mass is 19.4. The first-order chi connectivity index (χ1) is 32.5. The number of alkyl halides is 6. The molecule has 0 spiro atoms. The van der Waals surface area contributed by atoms with Crippen molar-refractivity contribution in [1.82, 2.24) is 18.8 Å². The van der Waals surface area contributed by atoms with E-state index in [0.717, 1.165) is 94.2 Å². The number of halogens is 6. The topological polar surface area (TPSA) is 34.6 Å². The predicted molar refractivity (Wildman–Crippen MR) is 263 cm³/mol. The van der Waals surface area contributed by atoms with Crippen LogP contribution in [-0.2, 0) is 12.4 Å². The zero-order chi connectivity index (χ0) is 47.4. The molecule has 0 fully saturated rings. The number of nitrogens with zero attached hydrogens (tertiary/aromatic N) is 4. The Hall–Kier alpha value is -7.72. The molecule has 4 heterocycles. The zero-order valence-electron chi connectivity index (χ0n) is 37.7. The lowest BCUT2D eigenvalue weighted by molar-refractivity contribution is -0.142. The van der Waals surface area contributed by atoms with Crippen molar-refractivity contribution in [3.05, 3.63) is 196 Å². The van der Waals surface area contributed by atoms with Gasteiger partial charge < -0.3 is 4.40 Å². The van der Waals surface area contributed by atoms with Crippen LogP contribution in [0.4, 0.5) is 26.3 Å². The lowest BCUT2D eigenvalue weighted by Crippen LogP contribution is -2.24. The molecule has 0 unspecified atom stereocenters. The van der Waals surface area contributed by atoms with Crippen molar-refractivity contribution in [2.75, 3.05) is 0 Å². The third-order valence-electron chi connectivity index (χ3n) is 13.2. The Morgan fingerprint density at radius 3 is 1.87 bits per heavy atom. The summed E-state index contributed by atoms with van der Waals surface area (Å²) in [6, 6.07) is 37.8. The van der Waals surface area contributed by atoms with E-state index >= 15 is 13.2 Å². The van der Waals surface area contributed by atoms with Crippen LogP contribution >= 0.6 is 0 Å². The van der Waals surface area contributed by atoms with Gasteiger partial charge in [0.05, 0.1) is 33.2 Å². The number of benzene rings is 7. The molecule has 4 nitrogen and oxygen atoms in total. The Morgan fingerprint density at radius 1 is 0.515 bits per heavy atom. The van der Waals surface area contributed by atoms with Crippen molar-refractivity contribution in [2.24, 2.45) is 0 Å². The normalized spacial score (nSPS) is 14.1. The average Bonchev–Trinajstić information content (AvgIpc) is 3.62. The Bertz CT molecular complexity index is 3940. The summed E-state index contributed by atoms with van der Waals surface area (Å²) in [6.45, 7) is 10.4. The molecule has 1 aliphatic carbocycles. The van der Waals surface area contributed by atoms with Crippen LogP contribution in [0, 0.1) is 34.6 Å². The summed E-state index contributed by atoms with van der Waals surface area (Å²) in [7, 11) is 0. The molecular formula is C58H42F6N4. The van der Waals surface area contributed by atoms with Crippen molar-refractivity contribution in [2.45, 2.75) is 53.4 Å². The highest BCUT2D eigenvalue weighted by Crippen LogP contribution is 2.43. The molecule has 4 bridgehead atoms. The second kappa shape index (κ2) is 15.7. The molecule has 0 aliphatic heterocycles. The smallest absolute Gasteiger partial charge is 0.308 e. The van der Waals surface area contributed by atoms with Crippen molar-refractivity contribution < 1.29 is 26.3 Å². The fourth-order valence-corrected chi connectivity index (χ4v) is 10.5. The number of aromatic nitrogens is 4. The van der Waals surface area contributed by atoms with Crippen LogP contribution in [0.3, 0.4) is 0 Å². The van der Waals surface area contributed by atoms with Crippen molar-refractivity contribution in [1.29, 1.82) is 0 Å². The first kappa shape index (κ1) is 42.9. The van der Waals surface area contributed by atoms with E-state index in [4.69, 9.17) is 9.97 Å². The van der Waals surface area contributed by atoms with Crippen molar-refractivity contribution >= 4 is 60.2 Å². The molecule has 0 N–H and O–H groups in total. The molecule has 336 valence electrons. The molecule has 0 saturated carbocycles. The van der Waals surface area contributed by atoms with Crippen LogP contribution in [0.25, 0.3) is 93.9 Å². The second-order valence-electron chi connectivity index (χ2n) is 17.9. The van der Waals surface area contributed by atoms with Crippen LogP contribution in [0.5, 0.6) is 0 Å². The summed E-state index contributed by atoms with van der Waals surface area (Å²) < 4.78 is 91.3. The molecule has 0 radical (unpaired) electrons. The van der Waals surface area contributed by atoms with Crippen LogP contribution in [0.1, 0.15) is 45.4 Å². The summed E-state index contributed by atoms with van der Waals surface area (Å²) >= 11 is 0. The Labute approximate surface area is 387 Å². The van der Waals surface area contributed by atoms with Crippen LogP contribution in [0.15, 0.2) is 152 Å². The largest absolute Gasteiger partial charge is 0.417 e. The first-order valence-electron chi connectivity index (χ1n) is 22.3. The predicted octanol–water partition coefficient (Wildman–Crippen LogP) is 15.7. The molecular weight excluding hydrogens is 867 g/mol. The number of fused-ring (bicyclic) bond motifs is 4. The molecule has 10 heteroatoms. The third kappa shape index (κ3) is 7.09. The summed E-state index contributed by atoms with van der Waals surface area (Å²) in [5.74, 6) is 0.594. The Morgan fingerprint density at radius 2 is 1.16 bits per heavy atom. The van der Waals surface area contributed by atoms with Crippen molar-refractivity contribution in [3.8, 4) is 33.6 Å². The number of hydrogen-bond acceptors (Lipinski definition) is 2. The molecule has 0 atom stereocenters. The number of aryl methyl sites for hydroxylation is 5. The lowest BCUT2D eigenvalue weighted by atomic mass is 9.93. The molecule has 0 saturated heterocycles. The minimum atomic E-state index is -5.11. The van der Waals surface area contributed by atoms with Crippen LogP contribution in [0.2, 0.25) is 0 Å². The van der Waals surface area contributed by atoms with E-state index in [2.05, 4.69) is 110 Å². The maximum Gasteiger partial charge on any atom is 0.417 e. The molecule has 68 heavy (non-hydrogen) atoms. The van der Waals surface area contributed by atoms with Gasteiger partial charge in [0.2, 0.25) is 0 Å². The van der Waals surface area contributed by atoms with Gasteiger partial charge in [-0.15, -0.1) is 0 Å². The van der Waals surface area contributed by atoms with Gasteiger partial charge in [-0.05, 0) is 139 Å². The molecule has 4 aromatic heterocycles. The fraction of sp³-hybridized carbons (Fsp3) is 0.138. The molecule has 1 aliphatic rings. The van der Waals surface area contributed by atoms with E-state index in [-0.39, 0.29) is 17.2 Å². The van der Waals surface area contributed by atoms with Gasteiger partial charge in [-0.25, -0.2) is 9.97 Å². The van der Waals surface area contributed by atoms with E-state index in [0.29, 0.717) is 40.3 Å². The van der Waals surface area contributed by atoms with Crippen LogP contribution in [-0.4, -0.2) is 18.8 Å². The van der Waals surface area contributed by atoms with Gasteiger partial charge in [0.15, 0.2) is 5.65 Å². The van der Waals surface area contributed by atoms with Gasteiger partial charge >= 0.3 is 12.4 Å². The summed E-state index contributed by atoms with van der Waals surface area (Å²) in [6.07, 6.45) is -1.45. The van der Waals surface area contributed by atoms with Crippen molar-refractivity contribution in [3.63, 3.8) is 0 Å². The highest BCUT2D eigenvalue weighted by Gasteiger charge is 2.38. The van der Waals surface area contributed by atoms with E-state index in [1.54, 1.807) is 12.1 Å². The summed E-state index contributed by atoms with van der Waals surface area (Å²) in [5.41, 5.74) is 9.88. The molecule has 12 rings (SSSR count). The minimum absolute atomic E-state index is 0.0744. The number of hydrogen-bond donors (Lipinski definition) is 0. The first-order valence-corrected chi connectivity index (χ1v) is 22.3. The molecule has 11 aromatic rings. The quantitative estimate of drug-likeness (QED) is 0.166. The standard InChI is InChI=1S/C58H42F6N4/c1-32-24-34(3)52(35(4)25-32)40-17-20-44-45-21-18-41-30-49(45)67(48(44)29-40)50-28-39(43-23-19-42(57(59,60)61)31-47(43)58(62,63)64)16-22-46(50)54-65-55(37-12-8-6-9-13-37)68(51-27-33(2)26-36(5)53(41)51)56(66-54)38-14-10-7-11-15-38/h6-14,16-31H,15H2,1-5H3.